The van der Waals surface area contributed by atoms with E-state index >= 15 is 0 Å². The van der Waals surface area contributed by atoms with E-state index in [9.17, 15) is 0 Å². The Hall–Kier alpha value is -1.03. The first-order valence-corrected chi connectivity index (χ1v) is 6.93. The van der Waals surface area contributed by atoms with E-state index in [1.807, 2.05) is 0 Å². The van der Waals surface area contributed by atoms with Gasteiger partial charge in [0, 0.05) is 31.1 Å². The highest BCUT2D eigenvalue weighted by Gasteiger charge is 2.26. The van der Waals surface area contributed by atoms with Crippen LogP contribution in [0, 0.1) is 0 Å². The molecule has 0 radical (unpaired) electrons. The molecule has 3 N–H and O–H groups in total. The molecule has 0 atom stereocenters. The van der Waals surface area contributed by atoms with Crippen molar-refractivity contribution in [1.82, 2.24) is 9.55 Å². The molecule has 0 unspecified atom stereocenters. The van der Waals surface area contributed by atoms with Crippen molar-refractivity contribution in [3.8, 4) is 0 Å². The molecule has 0 spiro atoms. The lowest BCUT2D eigenvalue weighted by atomic mass is 10.0. The van der Waals surface area contributed by atoms with Gasteiger partial charge < -0.3 is 15.6 Å². The Morgan fingerprint density at radius 3 is 2.88 bits per heavy atom. The van der Waals surface area contributed by atoms with E-state index in [2.05, 4.69) is 9.88 Å². The van der Waals surface area contributed by atoms with Gasteiger partial charge in [-0.25, -0.2) is 4.98 Å². The molecule has 1 aliphatic carbocycles. The van der Waals surface area contributed by atoms with Gasteiger partial charge in [0.25, 0.3) is 0 Å². The van der Waals surface area contributed by atoms with Crippen LogP contribution >= 0.6 is 0 Å². The average molecular weight is 234 g/mol. The van der Waals surface area contributed by atoms with Gasteiger partial charge in [0.1, 0.15) is 0 Å². The number of rotatable bonds is 3. The van der Waals surface area contributed by atoms with Gasteiger partial charge in [0.15, 0.2) is 0 Å². The van der Waals surface area contributed by atoms with Crippen LogP contribution in [0.3, 0.4) is 0 Å². The maximum atomic E-state index is 5.76. The maximum absolute atomic E-state index is 5.76. The minimum atomic E-state index is 0.691. The van der Waals surface area contributed by atoms with E-state index < -0.39 is 0 Å². The van der Waals surface area contributed by atoms with Crippen LogP contribution in [0.2, 0.25) is 0 Å². The van der Waals surface area contributed by atoms with Crippen LogP contribution in [0.25, 0.3) is 0 Å². The van der Waals surface area contributed by atoms with Crippen molar-refractivity contribution in [3.05, 3.63) is 11.4 Å². The molecule has 3 rings (SSSR count). The number of aromatic nitrogens is 2. The van der Waals surface area contributed by atoms with Crippen molar-refractivity contribution >= 4 is 5.95 Å². The number of nitrogens with zero attached hydrogens (tertiary/aromatic N) is 2. The summed E-state index contributed by atoms with van der Waals surface area (Å²) in [5.74, 6) is 1.78. The zero-order valence-corrected chi connectivity index (χ0v) is 10.4. The highest BCUT2D eigenvalue weighted by atomic mass is 15.2. The molecule has 0 amide bonds. The molecule has 1 saturated carbocycles. The van der Waals surface area contributed by atoms with Gasteiger partial charge in [-0.05, 0) is 25.8 Å². The van der Waals surface area contributed by atoms with Crippen LogP contribution in [-0.4, -0.2) is 22.6 Å². The third-order valence-corrected chi connectivity index (χ3v) is 4.07. The summed E-state index contributed by atoms with van der Waals surface area (Å²) < 4.78 is 2.37. The normalized spacial score (nSPS) is 20.3. The van der Waals surface area contributed by atoms with Crippen LogP contribution in [-0.2, 0) is 13.0 Å². The van der Waals surface area contributed by atoms with Gasteiger partial charge >= 0.3 is 0 Å². The van der Waals surface area contributed by atoms with E-state index in [0.717, 1.165) is 32.0 Å². The first-order chi connectivity index (χ1) is 8.40. The molecule has 4 heteroatoms. The second-order valence-corrected chi connectivity index (χ2v) is 5.22. The summed E-state index contributed by atoms with van der Waals surface area (Å²) in [5, 5.41) is 3.42. The molecule has 1 aliphatic heterocycles. The zero-order valence-electron chi connectivity index (χ0n) is 10.4. The second-order valence-electron chi connectivity index (χ2n) is 5.22. The van der Waals surface area contributed by atoms with E-state index in [1.165, 1.54) is 43.5 Å². The van der Waals surface area contributed by atoms with Gasteiger partial charge in [-0.2, -0.15) is 0 Å². The Morgan fingerprint density at radius 1 is 1.29 bits per heavy atom. The molecule has 17 heavy (non-hydrogen) atoms. The fourth-order valence-electron chi connectivity index (χ4n) is 3.24. The van der Waals surface area contributed by atoms with Crippen LogP contribution in [0.15, 0.2) is 0 Å². The number of nitrogens with one attached hydrogen (secondary N) is 1. The monoisotopic (exact) mass is 234 g/mol. The van der Waals surface area contributed by atoms with Gasteiger partial charge in [-0.15, -0.1) is 0 Å². The summed E-state index contributed by atoms with van der Waals surface area (Å²) in [6.45, 7) is 2.89. The van der Waals surface area contributed by atoms with Crippen LogP contribution < -0.4 is 11.1 Å². The summed E-state index contributed by atoms with van der Waals surface area (Å²) in [6.07, 6.45) is 7.53. The van der Waals surface area contributed by atoms with Crippen LogP contribution in [0.5, 0.6) is 0 Å². The second kappa shape index (κ2) is 4.69. The summed E-state index contributed by atoms with van der Waals surface area (Å²) in [7, 11) is 0. The van der Waals surface area contributed by atoms with E-state index in [1.54, 1.807) is 0 Å². The Bertz CT molecular complexity index is 390. The quantitative estimate of drug-likeness (QED) is 0.839. The Labute approximate surface area is 103 Å². The van der Waals surface area contributed by atoms with Crippen molar-refractivity contribution in [1.29, 1.82) is 0 Å². The van der Waals surface area contributed by atoms with Crippen LogP contribution in [0.1, 0.15) is 49.4 Å². The Balaban J connectivity index is 1.97. The number of hydrogen-bond acceptors (Lipinski definition) is 3. The predicted octanol–water partition coefficient (Wildman–Crippen LogP) is 1.86. The third kappa shape index (κ3) is 1.95. The molecule has 2 aliphatic rings. The molecule has 94 valence electrons. The fraction of sp³-hybridized carbons (Fsp3) is 0.769. The van der Waals surface area contributed by atoms with E-state index in [0.29, 0.717) is 5.92 Å². The first kappa shape index (κ1) is 11.1. The van der Waals surface area contributed by atoms with Crippen molar-refractivity contribution < 1.29 is 0 Å². The molecular formula is C13H22N4. The number of nitrogens with two attached hydrogens (primary N) is 1. The number of anilines is 1. The van der Waals surface area contributed by atoms with Gasteiger partial charge in [0.2, 0.25) is 5.95 Å². The lowest BCUT2D eigenvalue weighted by Crippen LogP contribution is -2.20. The van der Waals surface area contributed by atoms with Crippen molar-refractivity contribution in [3.63, 3.8) is 0 Å². The standard InChI is InChI=1S/C13H22N4/c14-7-6-11-12(10-4-1-2-5-10)16-13-15-8-3-9-17(11)13/h10H,1-9,14H2,(H,15,16). The van der Waals surface area contributed by atoms with Gasteiger partial charge in [-0.3, -0.25) is 0 Å². The number of imidazole rings is 1. The average Bonchev–Trinajstić information content (AvgIpc) is 2.97. The topological polar surface area (TPSA) is 55.9 Å². The smallest absolute Gasteiger partial charge is 0.203 e. The summed E-state index contributed by atoms with van der Waals surface area (Å²) in [5.41, 5.74) is 8.51. The third-order valence-electron chi connectivity index (χ3n) is 4.07. The molecule has 1 fully saturated rings. The van der Waals surface area contributed by atoms with Crippen LogP contribution in [0.4, 0.5) is 5.95 Å². The van der Waals surface area contributed by atoms with E-state index in [4.69, 9.17) is 10.7 Å². The van der Waals surface area contributed by atoms with E-state index in [-0.39, 0.29) is 0 Å². The minimum absolute atomic E-state index is 0.691. The summed E-state index contributed by atoms with van der Waals surface area (Å²) >= 11 is 0. The largest absolute Gasteiger partial charge is 0.356 e. The Morgan fingerprint density at radius 2 is 2.12 bits per heavy atom. The SMILES string of the molecule is NCCc1c(C2CCCC2)nc2n1CCCN2. The number of fused-ring (bicyclic) bond motifs is 1. The van der Waals surface area contributed by atoms with Crippen molar-refractivity contribution in [2.75, 3.05) is 18.4 Å². The molecule has 0 bridgehead atoms. The lowest BCUT2D eigenvalue weighted by molar-refractivity contribution is 0.596. The maximum Gasteiger partial charge on any atom is 0.203 e. The summed E-state index contributed by atoms with van der Waals surface area (Å²) in [6, 6.07) is 0. The van der Waals surface area contributed by atoms with Gasteiger partial charge in [-0.1, -0.05) is 12.8 Å². The highest BCUT2D eigenvalue weighted by molar-refractivity contribution is 5.37. The molecule has 2 heterocycles. The molecule has 0 aromatic carbocycles. The molecule has 1 aromatic rings. The fourth-order valence-corrected chi connectivity index (χ4v) is 3.24. The minimum Gasteiger partial charge on any atom is -0.356 e. The lowest BCUT2D eigenvalue weighted by Gasteiger charge is -2.18. The number of hydrogen-bond donors (Lipinski definition) is 2. The predicted molar refractivity (Wildman–Crippen MR) is 69.3 cm³/mol. The highest BCUT2D eigenvalue weighted by Crippen LogP contribution is 2.37. The van der Waals surface area contributed by atoms with Crippen molar-refractivity contribution in [2.24, 2.45) is 5.73 Å². The molecule has 1 aromatic heterocycles. The van der Waals surface area contributed by atoms with Gasteiger partial charge in [0.05, 0.1) is 5.69 Å². The Kier molecular flexibility index (Phi) is 3.05. The molecule has 4 nitrogen and oxygen atoms in total. The summed E-state index contributed by atoms with van der Waals surface area (Å²) in [4.78, 5) is 4.85. The first-order valence-electron chi connectivity index (χ1n) is 6.93. The van der Waals surface area contributed by atoms with Crippen molar-refractivity contribution in [2.45, 2.75) is 51.0 Å². The zero-order chi connectivity index (χ0) is 11.7. The molecule has 0 saturated heterocycles. The molecular weight excluding hydrogens is 212 g/mol.